The molecule has 0 aromatic heterocycles. The molecule has 0 saturated carbocycles. The van der Waals surface area contributed by atoms with E-state index >= 15 is 0 Å². The van der Waals surface area contributed by atoms with Crippen molar-refractivity contribution in [1.29, 1.82) is 0 Å². The number of nitrogens with one attached hydrogen (secondary N) is 5. The molecule has 4 rings (SSSR count). The second-order valence-corrected chi connectivity index (χ2v) is 10.8. The third kappa shape index (κ3) is 9.59. The lowest BCUT2D eigenvalue weighted by Crippen LogP contribution is -2.54. The van der Waals surface area contributed by atoms with E-state index in [1.54, 1.807) is 0 Å². The Kier molecular flexibility index (Phi) is 11.6. The van der Waals surface area contributed by atoms with Gasteiger partial charge in [0.25, 0.3) is 0 Å². The number of nitrogens with zero attached hydrogens (tertiary/aromatic N) is 2. The number of fused-ring (bicyclic) bond motifs is 3. The Morgan fingerprint density at radius 2 is 1.38 bits per heavy atom. The van der Waals surface area contributed by atoms with E-state index in [-0.39, 0.29) is 24.9 Å². The third-order valence-electron chi connectivity index (χ3n) is 7.32. The maximum atomic E-state index is 13.0. The zero-order valence-corrected chi connectivity index (χ0v) is 25.6. The van der Waals surface area contributed by atoms with Gasteiger partial charge in [-0.15, -0.1) is 0 Å². The van der Waals surface area contributed by atoms with Crippen molar-refractivity contribution in [2.75, 3.05) is 59.1 Å². The summed E-state index contributed by atoms with van der Waals surface area (Å²) in [5, 5.41) is 11.7. The van der Waals surface area contributed by atoms with Gasteiger partial charge >= 0.3 is 6.09 Å². The number of benzene rings is 2. The van der Waals surface area contributed by atoms with Crippen molar-refractivity contribution < 1.29 is 43.1 Å². The number of ether oxygens (including phenoxy) is 1. The van der Waals surface area contributed by atoms with Crippen LogP contribution in [0.5, 0.6) is 0 Å². The van der Waals surface area contributed by atoms with Crippen LogP contribution in [0.25, 0.3) is 11.1 Å². The first-order valence-corrected chi connectivity index (χ1v) is 14.7. The number of Topliss-reactive ketones (excluding diaryl/α,β-unsaturated/α-hetero) is 1. The highest BCUT2D eigenvalue weighted by Gasteiger charge is 2.29. The topological polar surface area (TPSA) is 212 Å². The van der Waals surface area contributed by atoms with Gasteiger partial charge < -0.3 is 41.1 Å². The molecular formula is C31H35N7O9. The molecule has 2 aromatic carbocycles. The first-order chi connectivity index (χ1) is 22.5. The summed E-state index contributed by atoms with van der Waals surface area (Å²) in [6.45, 7) is -2.93. The number of hydrogen-bond acceptors (Lipinski definition) is 9. The van der Waals surface area contributed by atoms with Crippen LogP contribution in [0.3, 0.4) is 0 Å². The van der Waals surface area contributed by atoms with Gasteiger partial charge in [0.1, 0.15) is 38.6 Å². The maximum Gasteiger partial charge on any atom is 0.407 e. The number of alkyl carbamates (subject to hydrolysis) is 1. The number of rotatable bonds is 8. The predicted molar refractivity (Wildman–Crippen MR) is 164 cm³/mol. The molecule has 0 bridgehead atoms. The van der Waals surface area contributed by atoms with Crippen LogP contribution >= 0.6 is 0 Å². The van der Waals surface area contributed by atoms with Crippen LogP contribution in [-0.4, -0.2) is 116 Å². The Morgan fingerprint density at radius 3 is 2.00 bits per heavy atom. The minimum atomic E-state index is -0.883. The maximum absolute atomic E-state index is 13.0. The van der Waals surface area contributed by atoms with E-state index in [0.717, 1.165) is 32.1 Å². The molecule has 5 N–H and O–H groups in total. The van der Waals surface area contributed by atoms with E-state index in [1.165, 1.54) is 6.92 Å². The van der Waals surface area contributed by atoms with Crippen molar-refractivity contribution in [2.24, 2.45) is 0 Å². The SMILES string of the molecule is CC(=O)CNC(=O)CN1CNC(=O)CNC(=O)CN(C(=O)CNC(=O)OCC2c3ccccc3-c3ccccc32)CC(=O)NCC1=O. The highest BCUT2D eigenvalue weighted by molar-refractivity contribution is 5.94. The van der Waals surface area contributed by atoms with E-state index in [0.29, 0.717) is 0 Å². The molecule has 2 aromatic rings. The largest absolute Gasteiger partial charge is 0.449 e. The molecule has 16 heteroatoms. The molecule has 7 amide bonds. The van der Waals surface area contributed by atoms with E-state index in [1.807, 2.05) is 48.5 Å². The van der Waals surface area contributed by atoms with Crippen molar-refractivity contribution in [3.05, 3.63) is 59.7 Å². The number of carbonyl (C=O) groups is 8. The normalized spacial score (nSPS) is 15.7. The molecule has 1 saturated heterocycles. The van der Waals surface area contributed by atoms with E-state index in [2.05, 4.69) is 26.6 Å². The number of ketones is 1. The molecular weight excluding hydrogens is 614 g/mol. The minimum absolute atomic E-state index is 0.00801. The van der Waals surface area contributed by atoms with Crippen molar-refractivity contribution in [3.8, 4) is 11.1 Å². The molecule has 248 valence electrons. The Balaban J connectivity index is 1.33. The third-order valence-corrected chi connectivity index (χ3v) is 7.32. The summed E-state index contributed by atoms with van der Waals surface area (Å²) in [6.07, 6.45) is -0.883. The highest BCUT2D eigenvalue weighted by atomic mass is 16.5. The van der Waals surface area contributed by atoms with Crippen LogP contribution in [0.4, 0.5) is 4.79 Å². The van der Waals surface area contributed by atoms with Crippen LogP contribution in [0.1, 0.15) is 24.0 Å². The van der Waals surface area contributed by atoms with E-state index < -0.39 is 87.5 Å². The molecule has 2 aliphatic rings. The lowest BCUT2D eigenvalue weighted by molar-refractivity contribution is -0.141. The smallest absolute Gasteiger partial charge is 0.407 e. The van der Waals surface area contributed by atoms with Gasteiger partial charge in [-0.25, -0.2) is 4.79 Å². The number of carbonyl (C=O) groups excluding carboxylic acids is 8. The fraction of sp³-hybridized carbons (Fsp3) is 0.355. The number of amides is 7. The Bertz CT molecular complexity index is 1530. The lowest BCUT2D eigenvalue weighted by Gasteiger charge is -2.25. The molecule has 1 aliphatic heterocycles. The summed E-state index contributed by atoms with van der Waals surface area (Å²) in [4.78, 5) is 101. The summed E-state index contributed by atoms with van der Waals surface area (Å²) in [7, 11) is 0. The standard InChI is InChI=1S/C31H35N7O9/c1-19(39)10-32-28(43)16-38-18-36-25(40)11-33-26(41)14-37(15-27(42)34-12-30(38)45)29(44)13-35-31(46)47-17-24-22-8-4-2-6-20(22)21-7-3-5-9-23(21)24/h2-9,24H,10-18H2,1H3,(H,32,43)(H,33,41)(H,34,42)(H,35,46)(H,36,40). The second kappa shape index (κ2) is 16.0. The fourth-order valence-corrected chi connectivity index (χ4v) is 5.00. The van der Waals surface area contributed by atoms with Crippen molar-refractivity contribution in [2.45, 2.75) is 12.8 Å². The molecule has 1 fully saturated rings. The zero-order chi connectivity index (χ0) is 33.9. The summed E-state index contributed by atoms with van der Waals surface area (Å²) in [5.74, 6) is -5.01. The summed E-state index contributed by atoms with van der Waals surface area (Å²) < 4.78 is 5.43. The highest BCUT2D eigenvalue weighted by Crippen LogP contribution is 2.44. The minimum Gasteiger partial charge on any atom is -0.449 e. The Hall–Kier alpha value is -5.80. The monoisotopic (exact) mass is 649 g/mol. The van der Waals surface area contributed by atoms with E-state index in [9.17, 15) is 38.4 Å². The van der Waals surface area contributed by atoms with Gasteiger partial charge in [-0.2, -0.15) is 0 Å². The quantitative estimate of drug-likeness (QED) is 0.218. The summed E-state index contributed by atoms with van der Waals surface area (Å²) >= 11 is 0. The van der Waals surface area contributed by atoms with Crippen LogP contribution in [0.2, 0.25) is 0 Å². The van der Waals surface area contributed by atoms with Gasteiger partial charge in [0.05, 0.1) is 26.3 Å². The molecule has 0 unspecified atom stereocenters. The molecule has 1 aliphatic carbocycles. The molecule has 1 heterocycles. The first kappa shape index (κ1) is 34.1. The van der Waals surface area contributed by atoms with Crippen LogP contribution in [0, 0.1) is 0 Å². The first-order valence-electron chi connectivity index (χ1n) is 14.7. The fourth-order valence-electron chi connectivity index (χ4n) is 5.00. The molecule has 0 radical (unpaired) electrons. The predicted octanol–water partition coefficient (Wildman–Crippen LogP) is -1.79. The van der Waals surface area contributed by atoms with E-state index in [4.69, 9.17) is 4.74 Å². The van der Waals surface area contributed by atoms with Crippen molar-refractivity contribution in [1.82, 2.24) is 36.4 Å². The molecule has 0 spiro atoms. The van der Waals surface area contributed by atoms with Crippen molar-refractivity contribution >= 4 is 47.3 Å². The zero-order valence-electron chi connectivity index (χ0n) is 25.6. The van der Waals surface area contributed by atoms with Gasteiger partial charge in [0.15, 0.2) is 0 Å². The van der Waals surface area contributed by atoms with Gasteiger partial charge in [0, 0.05) is 5.92 Å². The second-order valence-electron chi connectivity index (χ2n) is 10.8. The average molecular weight is 650 g/mol. The van der Waals surface area contributed by atoms with Crippen molar-refractivity contribution in [3.63, 3.8) is 0 Å². The summed E-state index contributed by atoms with van der Waals surface area (Å²) in [5.41, 5.74) is 4.11. The lowest BCUT2D eigenvalue weighted by atomic mass is 9.98. The molecule has 16 nitrogen and oxygen atoms in total. The van der Waals surface area contributed by atoms with Crippen LogP contribution in [-0.2, 0) is 38.3 Å². The molecule has 0 atom stereocenters. The summed E-state index contributed by atoms with van der Waals surface area (Å²) in [6, 6.07) is 15.6. The van der Waals surface area contributed by atoms with Gasteiger partial charge in [-0.1, -0.05) is 48.5 Å². The average Bonchev–Trinajstić information content (AvgIpc) is 3.37. The van der Waals surface area contributed by atoms with Crippen LogP contribution < -0.4 is 26.6 Å². The van der Waals surface area contributed by atoms with Gasteiger partial charge in [-0.3, -0.25) is 33.6 Å². The van der Waals surface area contributed by atoms with Gasteiger partial charge in [-0.05, 0) is 29.2 Å². The Labute approximate surface area is 269 Å². The molecule has 47 heavy (non-hydrogen) atoms. The Morgan fingerprint density at radius 1 is 0.787 bits per heavy atom. The number of hydrogen-bond donors (Lipinski definition) is 5. The van der Waals surface area contributed by atoms with Crippen LogP contribution in [0.15, 0.2) is 48.5 Å². The van der Waals surface area contributed by atoms with Gasteiger partial charge in [0.2, 0.25) is 35.4 Å².